The van der Waals surface area contributed by atoms with Gasteiger partial charge in [0.15, 0.2) is 17.6 Å². The first-order chi connectivity index (χ1) is 13.3. The van der Waals surface area contributed by atoms with E-state index in [4.69, 9.17) is 14.2 Å². The predicted molar refractivity (Wildman–Crippen MR) is 101 cm³/mol. The summed E-state index contributed by atoms with van der Waals surface area (Å²) in [5, 5.41) is 2.64. The average Bonchev–Trinajstić information content (AvgIpc) is 2.68. The molecule has 1 aliphatic heterocycles. The van der Waals surface area contributed by atoms with Gasteiger partial charge in [-0.15, -0.1) is 0 Å². The summed E-state index contributed by atoms with van der Waals surface area (Å²) in [6, 6.07) is 4.38. The minimum atomic E-state index is -3.74. The number of nitrogens with one attached hydrogen (secondary N) is 2. The van der Waals surface area contributed by atoms with Gasteiger partial charge in [-0.1, -0.05) is 6.92 Å². The molecule has 9 nitrogen and oxygen atoms in total. The van der Waals surface area contributed by atoms with E-state index in [9.17, 15) is 18.0 Å². The maximum Gasteiger partial charge on any atom is 0.306 e. The van der Waals surface area contributed by atoms with Gasteiger partial charge in [-0.2, -0.15) is 0 Å². The van der Waals surface area contributed by atoms with Crippen molar-refractivity contribution in [3.05, 3.63) is 18.2 Å². The summed E-state index contributed by atoms with van der Waals surface area (Å²) >= 11 is 0. The van der Waals surface area contributed by atoms with Crippen LogP contribution >= 0.6 is 0 Å². The van der Waals surface area contributed by atoms with E-state index in [1.54, 1.807) is 6.07 Å². The van der Waals surface area contributed by atoms with E-state index in [1.165, 1.54) is 19.1 Å². The summed E-state index contributed by atoms with van der Waals surface area (Å²) in [6.45, 7) is 4.77. The number of esters is 1. The van der Waals surface area contributed by atoms with Gasteiger partial charge in [0.25, 0.3) is 5.91 Å². The summed E-state index contributed by atoms with van der Waals surface area (Å²) < 4.78 is 42.9. The monoisotopic (exact) mass is 414 g/mol. The van der Waals surface area contributed by atoms with E-state index < -0.39 is 22.1 Å². The molecule has 1 heterocycles. The fraction of sp³-hybridized carbons (Fsp3) is 0.556. The Bertz CT molecular complexity index is 795. The fourth-order valence-corrected chi connectivity index (χ4v) is 3.50. The van der Waals surface area contributed by atoms with Gasteiger partial charge in [-0.3, -0.25) is 9.59 Å². The third-order valence-corrected chi connectivity index (χ3v) is 5.36. The van der Waals surface area contributed by atoms with Crippen LogP contribution in [0.3, 0.4) is 0 Å². The molecule has 1 unspecified atom stereocenters. The Hall–Kier alpha value is -2.33. The molecule has 1 atom stereocenters. The lowest BCUT2D eigenvalue weighted by Gasteiger charge is -2.19. The third kappa shape index (κ3) is 6.38. The van der Waals surface area contributed by atoms with Gasteiger partial charge in [-0.25, -0.2) is 13.1 Å². The van der Waals surface area contributed by atoms with Gasteiger partial charge in [0.1, 0.15) is 13.2 Å². The van der Waals surface area contributed by atoms with Gasteiger partial charge in [0.05, 0.1) is 4.90 Å². The number of hydrogen-bond acceptors (Lipinski definition) is 7. The van der Waals surface area contributed by atoms with Crippen molar-refractivity contribution in [2.75, 3.05) is 26.3 Å². The molecule has 1 amide bonds. The molecular formula is C18H26N2O7S. The Kier molecular flexibility index (Phi) is 8.06. The Morgan fingerprint density at radius 3 is 2.61 bits per heavy atom. The van der Waals surface area contributed by atoms with Gasteiger partial charge < -0.3 is 19.5 Å². The first-order valence-electron chi connectivity index (χ1n) is 9.20. The molecule has 0 fully saturated rings. The van der Waals surface area contributed by atoms with Crippen LogP contribution < -0.4 is 19.5 Å². The van der Waals surface area contributed by atoms with Crippen LogP contribution in [0.4, 0.5) is 0 Å². The second-order valence-corrected chi connectivity index (χ2v) is 8.00. The molecule has 0 spiro atoms. The molecule has 0 saturated carbocycles. The second kappa shape index (κ2) is 10.3. The first kappa shape index (κ1) is 22.0. The number of fused-ring (bicyclic) bond motifs is 1. The number of carbonyl (C=O) groups excluding carboxylic acids is 2. The molecule has 0 aromatic heterocycles. The highest BCUT2D eigenvalue weighted by molar-refractivity contribution is 7.89. The molecule has 1 aromatic carbocycles. The highest BCUT2D eigenvalue weighted by Gasteiger charge is 2.20. The Labute approximate surface area is 164 Å². The summed E-state index contributed by atoms with van der Waals surface area (Å²) in [6.07, 6.45) is 0.144. The molecule has 1 aromatic rings. The van der Waals surface area contributed by atoms with E-state index in [0.717, 1.165) is 6.42 Å². The zero-order valence-corrected chi connectivity index (χ0v) is 16.8. The highest BCUT2D eigenvalue weighted by Crippen LogP contribution is 2.32. The van der Waals surface area contributed by atoms with E-state index in [1.807, 2.05) is 6.92 Å². The Balaban J connectivity index is 1.76. The van der Waals surface area contributed by atoms with Crippen LogP contribution in [0.5, 0.6) is 11.5 Å². The normalized spacial score (nSPS) is 14.2. The molecule has 156 valence electrons. The summed E-state index contributed by atoms with van der Waals surface area (Å²) in [5.74, 6) is -0.0229. The van der Waals surface area contributed by atoms with Crippen molar-refractivity contribution in [1.82, 2.24) is 10.0 Å². The maximum atomic E-state index is 12.4. The van der Waals surface area contributed by atoms with Crippen molar-refractivity contribution < 1.29 is 32.2 Å². The smallest absolute Gasteiger partial charge is 0.306 e. The number of ether oxygens (including phenoxy) is 3. The van der Waals surface area contributed by atoms with Crippen LogP contribution in [0.1, 0.15) is 33.1 Å². The molecule has 0 bridgehead atoms. The number of hydrogen-bond donors (Lipinski definition) is 2. The van der Waals surface area contributed by atoms with Crippen molar-refractivity contribution in [2.24, 2.45) is 0 Å². The Morgan fingerprint density at radius 1 is 1.18 bits per heavy atom. The Morgan fingerprint density at radius 2 is 1.89 bits per heavy atom. The summed E-state index contributed by atoms with van der Waals surface area (Å²) in [5.41, 5.74) is 0. The van der Waals surface area contributed by atoms with Gasteiger partial charge in [0, 0.05) is 25.6 Å². The maximum absolute atomic E-state index is 12.4. The third-order valence-electron chi connectivity index (χ3n) is 3.90. The number of amides is 1. The summed E-state index contributed by atoms with van der Waals surface area (Å²) in [7, 11) is -3.74. The summed E-state index contributed by atoms with van der Waals surface area (Å²) in [4.78, 5) is 23.5. The quantitative estimate of drug-likeness (QED) is 0.432. The van der Waals surface area contributed by atoms with Crippen LogP contribution in [0.15, 0.2) is 23.1 Å². The van der Waals surface area contributed by atoms with Crippen molar-refractivity contribution in [2.45, 2.75) is 44.1 Å². The standard InChI is InChI=1S/C18H26N2O7S/c1-3-8-19-18(22)13(2)27-17(21)5-4-9-20-28(23,24)14-6-7-15-16(12-14)26-11-10-25-15/h6-7,12-13,20H,3-5,8-11H2,1-2H3,(H,19,22). The molecular weight excluding hydrogens is 388 g/mol. The number of carbonyl (C=O) groups is 2. The molecule has 0 saturated heterocycles. The molecule has 1 aliphatic rings. The number of rotatable bonds is 10. The highest BCUT2D eigenvalue weighted by atomic mass is 32.2. The number of sulfonamides is 1. The molecule has 28 heavy (non-hydrogen) atoms. The van der Waals surface area contributed by atoms with Gasteiger partial charge in [-0.05, 0) is 31.9 Å². The van der Waals surface area contributed by atoms with E-state index in [-0.39, 0.29) is 30.2 Å². The molecule has 0 radical (unpaired) electrons. The van der Waals surface area contributed by atoms with Crippen molar-refractivity contribution in [1.29, 1.82) is 0 Å². The van der Waals surface area contributed by atoms with E-state index in [0.29, 0.717) is 31.3 Å². The largest absolute Gasteiger partial charge is 0.486 e. The van der Waals surface area contributed by atoms with Gasteiger partial charge in [0.2, 0.25) is 10.0 Å². The number of benzene rings is 1. The zero-order chi connectivity index (χ0) is 20.6. The lowest BCUT2D eigenvalue weighted by molar-refractivity contribution is -0.154. The predicted octanol–water partition coefficient (Wildman–Crippen LogP) is 0.974. The second-order valence-electron chi connectivity index (χ2n) is 6.23. The lowest BCUT2D eigenvalue weighted by Crippen LogP contribution is -2.36. The topological polar surface area (TPSA) is 120 Å². The van der Waals surface area contributed by atoms with Crippen LogP contribution in [0.25, 0.3) is 0 Å². The van der Waals surface area contributed by atoms with Crippen LogP contribution in [-0.4, -0.2) is 52.7 Å². The van der Waals surface area contributed by atoms with Crippen LogP contribution in [0.2, 0.25) is 0 Å². The van der Waals surface area contributed by atoms with Crippen LogP contribution in [-0.2, 0) is 24.3 Å². The SMILES string of the molecule is CCCNC(=O)C(C)OC(=O)CCCNS(=O)(=O)c1ccc2c(c1)OCCO2. The van der Waals surface area contributed by atoms with Crippen LogP contribution in [0, 0.1) is 0 Å². The van der Waals surface area contributed by atoms with E-state index in [2.05, 4.69) is 10.0 Å². The molecule has 2 rings (SSSR count). The van der Waals surface area contributed by atoms with Crippen molar-refractivity contribution in [3.8, 4) is 11.5 Å². The molecule has 0 aliphatic carbocycles. The minimum Gasteiger partial charge on any atom is -0.486 e. The molecule has 10 heteroatoms. The van der Waals surface area contributed by atoms with Crippen molar-refractivity contribution >= 4 is 21.9 Å². The molecule has 2 N–H and O–H groups in total. The zero-order valence-electron chi connectivity index (χ0n) is 16.0. The average molecular weight is 414 g/mol. The van der Waals surface area contributed by atoms with Gasteiger partial charge >= 0.3 is 5.97 Å². The fourth-order valence-electron chi connectivity index (χ4n) is 2.41. The lowest BCUT2D eigenvalue weighted by atomic mass is 10.3. The van der Waals surface area contributed by atoms with E-state index >= 15 is 0 Å². The van der Waals surface area contributed by atoms with Crippen molar-refractivity contribution in [3.63, 3.8) is 0 Å². The first-order valence-corrected chi connectivity index (χ1v) is 10.7. The minimum absolute atomic E-state index is 0.00490.